The quantitative estimate of drug-likeness (QED) is 0.766. The summed E-state index contributed by atoms with van der Waals surface area (Å²) in [7, 11) is -1.45. The van der Waals surface area contributed by atoms with E-state index in [1.807, 2.05) is 12.1 Å². The summed E-state index contributed by atoms with van der Waals surface area (Å²) in [5.41, 5.74) is 1.47. The number of anilines is 1. The molecule has 0 saturated carbocycles. The lowest BCUT2D eigenvalue weighted by atomic mass is 9.80. The second kappa shape index (κ2) is 5.65. The van der Waals surface area contributed by atoms with Gasteiger partial charge in [0.05, 0.1) is 13.2 Å². The molecule has 2 aliphatic heterocycles. The third kappa shape index (κ3) is 2.87. The van der Waals surface area contributed by atoms with Gasteiger partial charge in [-0.05, 0) is 23.7 Å². The maximum atomic E-state index is 9.31. The van der Waals surface area contributed by atoms with Gasteiger partial charge in [-0.1, -0.05) is 15.9 Å². The van der Waals surface area contributed by atoms with Crippen LogP contribution in [-0.4, -0.2) is 49.3 Å². The number of rotatable bonds is 2. The van der Waals surface area contributed by atoms with E-state index < -0.39 is 7.12 Å². The summed E-state index contributed by atoms with van der Waals surface area (Å²) in [6, 6.07) is 5.51. The summed E-state index contributed by atoms with van der Waals surface area (Å²) in [6.45, 7) is 3.02. The average Bonchev–Trinajstić information content (AvgIpc) is 2.87. The number of hydrogen-bond acceptors (Lipinski definition) is 5. The Balaban J connectivity index is 1.74. The molecule has 0 aliphatic carbocycles. The Morgan fingerprint density at radius 2 is 1.75 bits per heavy atom. The Kier molecular flexibility index (Phi) is 4.06. The van der Waals surface area contributed by atoms with Crippen LogP contribution in [0.5, 0.6) is 0 Å². The number of nitrogens with zero attached hydrogens (tertiary/aromatic N) is 1. The van der Waals surface area contributed by atoms with Crippen molar-refractivity contribution < 1.29 is 19.5 Å². The second-order valence-electron chi connectivity index (χ2n) is 5.21. The minimum atomic E-state index is -1.45. The summed E-state index contributed by atoms with van der Waals surface area (Å²) in [4.78, 5) is 2.22. The van der Waals surface area contributed by atoms with Crippen molar-refractivity contribution in [2.75, 3.05) is 31.2 Å². The van der Waals surface area contributed by atoms with Crippen LogP contribution < -0.4 is 10.4 Å². The van der Waals surface area contributed by atoms with Gasteiger partial charge in [0.25, 0.3) is 0 Å². The molecule has 2 heterocycles. The van der Waals surface area contributed by atoms with Gasteiger partial charge in [0.2, 0.25) is 0 Å². The van der Waals surface area contributed by atoms with Crippen LogP contribution in [0.1, 0.15) is 12.8 Å². The topological polar surface area (TPSA) is 62.2 Å². The molecule has 0 unspecified atom stereocenters. The fraction of sp³-hybridized carbons (Fsp3) is 0.538. The standard InChI is InChI=1S/C13H17BBrNO4/c15-11-7-10(14(17)18)8-12(9-11)16-3-1-13(2-4-16)19-5-6-20-13/h7-9,17-18H,1-6H2. The van der Waals surface area contributed by atoms with Crippen LogP contribution in [0.2, 0.25) is 0 Å². The van der Waals surface area contributed by atoms with Crippen LogP contribution in [0.15, 0.2) is 22.7 Å². The maximum absolute atomic E-state index is 9.31. The van der Waals surface area contributed by atoms with Crippen LogP contribution in [0.25, 0.3) is 0 Å². The van der Waals surface area contributed by atoms with Crippen molar-refractivity contribution in [2.45, 2.75) is 18.6 Å². The SMILES string of the molecule is OB(O)c1cc(Br)cc(N2CCC3(CC2)OCCO3)c1. The maximum Gasteiger partial charge on any atom is 0.488 e. The summed E-state index contributed by atoms with van der Waals surface area (Å²) in [5, 5.41) is 18.6. The van der Waals surface area contributed by atoms with E-state index >= 15 is 0 Å². The van der Waals surface area contributed by atoms with Crippen molar-refractivity contribution in [1.29, 1.82) is 0 Å². The normalized spacial score (nSPS) is 21.4. The molecule has 1 aromatic carbocycles. The monoisotopic (exact) mass is 341 g/mol. The highest BCUT2D eigenvalue weighted by atomic mass is 79.9. The zero-order valence-corrected chi connectivity index (χ0v) is 12.7. The lowest BCUT2D eigenvalue weighted by Gasteiger charge is -2.38. The predicted octanol–water partition coefficient (Wildman–Crippen LogP) is 0.472. The van der Waals surface area contributed by atoms with Crippen molar-refractivity contribution in [3.8, 4) is 0 Å². The molecule has 5 nitrogen and oxygen atoms in total. The van der Waals surface area contributed by atoms with Gasteiger partial charge in [-0.15, -0.1) is 0 Å². The van der Waals surface area contributed by atoms with Gasteiger partial charge in [-0.2, -0.15) is 0 Å². The smallest absolute Gasteiger partial charge is 0.423 e. The Labute approximate surface area is 126 Å². The summed E-state index contributed by atoms with van der Waals surface area (Å²) < 4.78 is 12.3. The molecule has 0 aromatic heterocycles. The molecule has 0 radical (unpaired) electrons. The second-order valence-corrected chi connectivity index (χ2v) is 6.13. The predicted molar refractivity (Wildman–Crippen MR) is 80.0 cm³/mol. The lowest BCUT2D eigenvalue weighted by molar-refractivity contribution is -0.169. The molecule has 2 aliphatic rings. The van der Waals surface area contributed by atoms with Crippen LogP contribution in [-0.2, 0) is 9.47 Å². The van der Waals surface area contributed by atoms with Crippen LogP contribution in [0.3, 0.4) is 0 Å². The van der Waals surface area contributed by atoms with E-state index in [4.69, 9.17) is 9.47 Å². The van der Waals surface area contributed by atoms with Gasteiger partial charge in [0.1, 0.15) is 0 Å². The third-order valence-electron chi connectivity index (χ3n) is 3.91. The molecule has 0 amide bonds. The lowest BCUT2D eigenvalue weighted by Crippen LogP contribution is -2.45. The fourth-order valence-electron chi connectivity index (χ4n) is 2.82. The molecule has 1 spiro atoms. The van der Waals surface area contributed by atoms with E-state index in [1.165, 1.54) is 0 Å². The molecule has 7 heteroatoms. The molecule has 0 atom stereocenters. The van der Waals surface area contributed by atoms with E-state index in [1.54, 1.807) is 6.07 Å². The van der Waals surface area contributed by atoms with Gasteiger partial charge in [-0.25, -0.2) is 0 Å². The molecule has 2 saturated heterocycles. The highest BCUT2D eigenvalue weighted by Gasteiger charge is 2.39. The molecular weight excluding hydrogens is 325 g/mol. The van der Waals surface area contributed by atoms with Crippen molar-refractivity contribution in [3.05, 3.63) is 22.7 Å². The number of benzene rings is 1. The first-order valence-electron chi connectivity index (χ1n) is 6.77. The Hall–Kier alpha value is -0.595. The molecular formula is C13H17BBrNO4. The van der Waals surface area contributed by atoms with Crippen LogP contribution in [0, 0.1) is 0 Å². The van der Waals surface area contributed by atoms with Gasteiger partial charge in [0, 0.05) is 36.1 Å². The number of hydrogen-bond donors (Lipinski definition) is 2. The van der Waals surface area contributed by atoms with Crippen molar-refractivity contribution >= 4 is 34.2 Å². The summed E-state index contributed by atoms with van der Waals surface area (Å²) in [5.74, 6) is -0.387. The largest absolute Gasteiger partial charge is 0.488 e. The zero-order chi connectivity index (χ0) is 14.2. The third-order valence-corrected chi connectivity index (χ3v) is 4.36. The van der Waals surface area contributed by atoms with E-state index in [2.05, 4.69) is 20.8 Å². The van der Waals surface area contributed by atoms with Crippen LogP contribution in [0.4, 0.5) is 5.69 Å². The molecule has 3 rings (SSSR count). The first-order valence-corrected chi connectivity index (χ1v) is 7.57. The number of ether oxygens (including phenoxy) is 2. The van der Waals surface area contributed by atoms with E-state index in [0.29, 0.717) is 18.7 Å². The highest BCUT2D eigenvalue weighted by molar-refractivity contribution is 9.10. The number of halogens is 1. The minimum absolute atomic E-state index is 0.387. The highest BCUT2D eigenvalue weighted by Crippen LogP contribution is 2.33. The van der Waals surface area contributed by atoms with E-state index in [0.717, 1.165) is 36.1 Å². The number of piperidine rings is 1. The fourth-order valence-corrected chi connectivity index (χ4v) is 3.32. The molecule has 20 heavy (non-hydrogen) atoms. The van der Waals surface area contributed by atoms with E-state index in [9.17, 15) is 10.0 Å². The Morgan fingerprint density at radius 3 is 2.35 bits per heavy atom. The molecule has 0 bridgehead atoms. The summed E-state index contributed by atoms with van der Waals surface area (Å²) >= 11 is 3.41. The van der Waals surface area contributed by atoms with Crippen molar-refractivity contribution in [1.82, 2.24) is 0 Å². The first kappa shape index (κ1) is 14.3. The minimum Gasteiger partial charge on any atom is -0.423 e. The van der Waals surface area contributed by atoms with Gasteiger partial charge in [0.15, 0.2) is 5.79 Å². The average molecular weight is 342 g/mol. The van der Waals surface area contributed by atoms with Crippen molar-refractivity contribution in [2.24, 2.45) is 0 Å². The van der Waals surface area contributed by atoms with Crippen LogP contribution >= 0.6 is 15.9 Å². The van der Waals surface area contributed by atoms with Crippen molar-refractivity contribution in [3.63, 3.8) is 0 Å². The molecule has 2 N–H and O–H groups in total. The van der Waals surface area contributed by atoms with Gasteiger partial charge >= 0.3 is 7.12 Å². The Morgan fingerprint density at radius 1 is 1.10 bits per heavy atom. The molecule has 1 aromatic rings. The Bertz CT molecular complexity index is 483. The van der Waals surface area contributed by atoms with E-state index in [-0.39, 0.29) is 5.79 Å². The molecule has 2 fully saturated rings. The first-order chi connectivity index (χ1) is 9.58. The zero-order valence-electron chi connectivity index (χ0n) is 11.1. The van der Waals surface area contributed by atoms with Gasteiger partial charge < -0.3 is 24.4 Å². The van der Waals surface area contributed by atoms with Gasteiger partial charge in [-0.3, -0.25) is 0 Å². The summed E-state index contributed by atoms with van der Waals surface area (Å²) in [6.07, 6.45) is 1.66. The molecule has 108 valence electrons.